The monoisotopic (exact) mass is 286 g/mol. The molecular formula is C13H13F3N2O2. The molecule has 1 amide bonds. The van der Waals surface area contributed by atoms with E-state index >= 15 is 0 Å². The average Bonchev–Trinajstić information content (AvgIpc) is 2.71. The Balaban J connectivity index is 2.38. The number of H-pyrrole nitrogens is 1. The van der Waals surface area contributed by atoms with Crippen molar-refractivity contribution in [2.45, 2.75) is 26.3 Å². The first-order valence-corrected chi connectivity index (χ1v) is 5.94. The fourth-order valence-electron chi connectivity index (χ4n) is 1.80. The van der Waals surface area contributed by atoms with E-state index in [0.717, 1.165) is 0 Å². The number of aromatic amines is 1. The summed E-state index contributed by atoms with van der Waals surface area (Å²) in [6.07, 6.45) is -4.77. The molecule has 4 nitrogen and oxygen atoms in total. The Morgan fingerprint density at radius 2 is 2.05 bits per heavy atom. The van der Waals surface area contributed by atoms with Gasteiger partial charge in [-0.3, -0.25) is 4.79 Å². The molecule has 0 aliphatic heterocycles. The van der Waals surface area contributed by atoms with Gasteiger partial charge in [0.05, 0.1) is 0 Å². The molecule has 1 heterocycles. The van der Waals surface area contributed by atoms with E-state index in [0.29, 0.717) is 5.52 Å². The number of ether oxygens (including phenoxy) is 1. The van der Waals surface area contributed by atoms with Crippen LogP contribution in [0.5, 0.6) is 5.75 Å². The molecule has 0 fully saturated rings. The smallest absolute Gasteiger partial charge is 0.405 e. The van der Waals surface area contributed by atoms with Gasteiger partial charge in [-0.25, -0.2) is 0 Å². The van der Waals surface area contributed by atoms with E-state index in [1.54, 1.807) is 19.9 Å². The van der Waals surface area contributed by atoms with E-state index in [2.05, 4.69) is 15.0 Å². The predicted octanol–water partition coefficient (Wildman–Crippen LogP) is 3.20. The second kappa shape index (κ2) is 5.07. The predicted molar refractivity (Wildman–Crippen MR) is 67.6 cm³/mol. The Labute approximate surface area is 112 Å². The van der Waals surface area contributed by atoms with Gasteiger partial charge in [-0.05, 0) is 32.0 Å². The Hall–Kier alpha value is -2.18. The highest BCUT2D eigenvalue weighted by atomic mass is 19.4. The third-order valence-electron chi connectivity index (χ3n) is 2.51. The van der Waals surface area contributed by atoms with Crippen LogP contribution in [0.4, 0.5) is 13.2 Å². The molecule has 108 valence electrons. The van der Waals surface area contributed by atoms with E-state index < -0.39 is 6.36 Å². The van der Waals surface area contributed by atoms with Gasteiger partial charge in [0.2, 0.25) is 0 Å². The summed E-state index contributed by atoms with van der Waals surface area (Å²) in [5.74, 6) is -0.719. The summed E-state index contributed by atoms with van der Waals surface area (Å²) < 4.78 is 40.8. The normalized spacial score (nSPS) is 11.9. The van der Waals surface area contributed by atoms with Gasteiger partial charge in [0, 0.05) is 16.9 Å². The number of carbonyl (C=O) groups is 1. The Morgan fingerprint density at radius 1 is 1.35 bits per heavy atom. The summed E-state index contributed by atoms with van der Waals surface area (Å²) in [5.41, 5.74) is 0.590. The summed E-state index contributed by atoms with van der Waals surface area (Å²) in [4.78, 5) is 14.6. The lowest BCUT2D eigenvalue weighted by atomic mass is 10.2. The minimum Gasteiger partial charge on any atom is -0.405 e. The van der Waals surface area contributed by atoms with Gasteiger partial charge in [-0.15, -0.1) is 13.2 Å². The van der Waals surface area contributed by atoms with Gasteiger partial charge in [-0.2, -0.15) is 0 Å². The summed E-state index contributed by atoms with van der Waals surface area (Å²) in [5, 5.41) is 2.86. The zero-order valence-corrected chi connectivity index (χ0v) is 10.8. The highest BCUT2D eigenvalue weighted by Crippen LogP contribution is 2.31. The molecule has 2 rings (SSSR count). The minimum atomic E-state index is -4.77. The van der Waals surface area contributed by atoms with Crippen LogP contribution in [0.25, 0.3) is 10.9 Å². The number of rotatable bonds is 3. The van der Waals surface area contributed by atoms with Gasteiger partial charge < -0.3 is 15.0 Å². The van der Waals surface area contributed by atoms with Crippen LogP contribution in [0.3, 0.4) is 0 Å². The molecule has 0 saturated carbocycles. The van der Waals surface area contributed by atoms with Gasteiger partial charge in [0.25, 0.3) is 5.91 Å². The van der Waals surface area contributed by atoms with Crippen molar-refractivity contribution in [2.24, 2.45) is 0 Å². The second-order valence-electron chi connectivity index (χ2n) is 4.58. The lowest BCUT2D eigenvalue weighted by Gasteiger charge is -2.09. The van der Waals surface area contributed by atoms with Crippen LogP contribution in [0.1, 0.15) is 24.3 Å². The van der Waals surface area contributed by atoms with Crippen LogP contribution in [-0.2, 0) is 0 Å². The Morgan fingerprint density at radius 3 is 2.65 bits per heavy atom. The molecule has 0 radical (unpaired) electrons. The number of aromatic nitrogens is 1. The number of hydrogen-bond donors (Lipinski definition) is 2. The first-order valence-electron chi connectivity index (χ1n) is 5.94. The highest BCUT2D eigenvalue weighted by molar-refractivity contribution is 5.99. The molecule has 0 aliphatic rings. The number of hydrogen-bond acceptors (Lipinski definition) is 2. The maximum atomic E-state index is 12.3. The fourth-order valence-corrected chi connectivity index (χ4v) is 1.80. The second-order valence-corrected chi connectivity index (χ2v) is 4.58. The number of carbonyl (C=O) groups excluding carboxylic acids is 1. The molecule has 1 aromatic heterocycles. The molecule has 7 heteroatoms. The SMILES string of the molecule is CC(C)NC(=O)c1cc2c(OC(F)(F)F)cccc2[nH]1. The molecule has 1 aromatic carbocycles. The zero-order valence-electron chi connectivity index (χ0n) is 10.8. The van der Waals surface area contributed by atoms with Crippen molar-refractivity contribution >= 4 is 16.8 Å². The van der Waals surface area contributed by atoms with Gasteiger partial charge in [0.1, 0.15) is 11.4 Å². The first-order chi connectivity index (χ1) is 9.26. The average molecular weight is 286 g/mol. The first kappa shape index (κ1) is 14.2. The summed E-state index contributed by atoms with van der Waals surface area (Å²) in [6.45, 7) is 3.58. The van der Waals surface area contributed by atoms with E-state index in [9.17, 15) is 18.0 Å². The van der Waals surface area contributed by atoms with Gasteiger partial charge >= 0.3 is 6.36 Å². The topological polar surface area (TPSA) is 54.1 Å². The molecule has 0 aliphatic carbocycles. The van der Waals surface area contributed by atoms with Crippen LogP contribution < -0.4 is 10.1 Å². The lowest BCUT2D eigenvalue weighted by molar-refractivity contribution is -0.274. The number of nitrogens with one attached hydrogen (secondary N) is 2. The van der Waals surface area contributed by atoms with Crippen LogP contribution in [0.15, 0.2) is 24.3 Å². The summed E-state index contributed by atoms with van der Waals surface area (Å²) in [7, 11) is 0. The van der Waals surface area contributed by atoms with Crippen LogP contribution >= 0.6 is 0 Å². The quantitative estimate of drug-likeness (QED) is 0.910. The van der Waals surface area contributed by atoms with Crippen LogP contribution in [0, 0.1) is 0 Å². The summed E-state index contributed by atoms with van der Waals surface area (Å²) >= 11 is 0. The van der Waals surface area contributed by atoms with Crippen molar-refractivity contribution < 1.29 is 22.7 Å². The number of alkyl halides is 3. The van der Waals surface area contributed by atoms with E-state index in [1.165, 1.54) is 18.2 Å². The summed E-state index contributed by atoms with van der Waals surface area (Å²) in [6, 6.07) is 5.47. The maximum absolute atomic E-state index is 12.3. The van der Waals surface area contributed by atoms with Crippen molar-refractivity contribution in [1.82, 2.24) is 10.3 Å². The molecule has 0 atom stereocenters. The maximum Gasteiger partial charge on any atom is 0.573 e. The third kappa shape index (κ3) is 3.23. The molecule has 2 N–H and O–H groups in total. The molecular weight excluding hydrogens is 273 g/mol. The standard InChI is InChI=1S/C13H13F3N2O2/c1-7(2)17-12(19)10-6-8-9(18-10)4-3-5-11(8)20-13(14,15)16/h3-7,18H,1-2H3,(H,17,19). The van der Waals surface area contributed by atoms with Crippen molar-refractivity contribution in [3.63, 3.8) is 0 Å². The lowest BCUT2D eigenvalue weighted by Crippen LogP contribution is -2.30. The molecule has 0 unspecified atom stereocenters. The van der Waals surface area contributed by atoms with E-state index in [4.69, 9.17) is 0 Å². The highest BCUT2D eigenvalue weighted by Gasteiger charge is 2.32. The molecule has 20 heavy (non-hydrogen) atoms. The van der Waals surface area contributed by atoms with Gasteiger partial charge in [-0.1, -0.05) is 6.07 Å². The molecule has 0 bridgehead atoms. The van der Waals surface area contributed by atoms with Crippen LogP contribution in [0.2, 0.25) is 0 Å². The minimum absolute atomic E-state index is 0.0696. The number of fused-ring (bicyclic) bond motifs is 1. The van der Waals surface area contributed by atoms with E-state index in [1.807, 2.05) is 0 Å². The van der Waals surface area contributed by atoms with Crippen LogP contribution in [-0.4, -0.2) is 23.3 Å². The van der Waals surface area contributed by atoms with Crippen molar-refractivity contribution in [3.8, 4) is 5.75 Å². The Bertz CT molecular complexity index is 632. The number of amides is 1. The zero-order chi connectivity index (χ0) is 14.9. The molecule has 0 spiro atoms. The van der Waals surface area contributed by atoms with Gasteiger partial charge in [0.15, 0.2) is 0 Å². The Kier molecular flexibility index (Phi) is 3.61. The number of benzene rings is 1. The van der Waals surface area contributed by atoms with E-state index in [-0.39, 0.29) is 28.8 Å². The molecule has 0 saturated heterocycles. The van der Waals surface area contributed by atoms with Crippen molar-refractivity contribution in [2.75, 3.05) is 0 Å². The van der Waals surface area contributed by atoms with Crippen molar-refractivity contribution in [1.29, 1.82) is 0 Å². The van der Waals surface area contributed by atoms with Crippen molar-refractivity contribution in [3.05, 3.63) is 30.0 Å². The third-order valence-corrected chi connectivity index (χ3v) is 2.51. The number of halogens is 3. The largest absolute Gasteiger partial charge is 0.573 e. The molecule has 2 aromatic rings. The fraction of sp³-hybridized carbons (Fsp3) is 0.308.